The Kier molecular flexibility index (Phi) is 6.00. The lowest BCUT2D eigenvalue weighted by Gasteiger charge is -2.16. The number of hydrogen-bond donors (Lipinski definition) is 1. The van der Waals surface area contributed by atoms with E-state index in [1.165, 1.54) is 27.8 Å². The lowest BCUT2D eigenvalue weighted by atomic mass is 10.0. The Balaban J connectivity index is 1.51. The highest BCUT2D eigenvalue weighted by molar-refractivity contribution is 7.17. The van der Waals surface area contributed by atoms with Gasteiger partial charge in [-0.15, -0.1) is 11.3 Å². The van der Waals surface area contributed by atoms with Crippen LogP contribution in [0.3, 0.4) is 0 Å². The fraction of sp³-hybridized carbons (Fsp3) is 0.240. The number of carbonyl (C=O) groups is 1. The number of nitrogens with one attached hydrogen (secondary N) is 1. The first-order chi connectivity index (χ1) is 14.9. The molecule has 2 aromatic carbocycles. The predicted molar refractivity (Wildman–Crippen MR) is 126 cm³/mol. The van der Waals surface area contributed by atoms with Crippen LogP contribution in [0.2, 0.25) is 0 Å². The van der Waals surface area contributed by atoms with Crippen molar-refractivity contribution in [3.63, 3.8) is 0 Å². The smallest absolute Gasteiger partial charge is 0.262 e. The van der Waals surface area contributed by atoms with E-state index in [9.17, 15) is 9.59 Å². The minimum Gasteiger partial charge on any atom is -0.350 e. The maximum atomic E-state index is 13.1. The van der Waals surface area contributed by atoms with Crippen LogP contribution in [0, 0.1) is 13.8 Å². The van der Waals surface area contributed by atoms with E-state index >= 15 is 0 Å². The van der Waals surface area contributed by atoms with Crippen molar-refractivity contribution in [1.29, 1.82) is 0 Å². The van der Waals surface area contributed by atoms with Gasteiger partial charge in [0.2, 0.25) is 5.91 Å². The van der Waals surface area contributed by atoms with Crippen LogP contribution in [0.5, 0.6) is 0 Å². The number of amides is 1. The maximum Gasteiger partial charge on any atom is 0.262 e. The Bertz CT molecular complexity index is 1290. The van der Waals surface area contributed by atoms with Crippen molar-refractivity contribution in [3.05, 3.63) is 87.3 Å². The number of aryl methyl sites for hydroxylation is 3. The molecule has 6 heteroatoms. The van der Waals surface area contributed by atoms with E-state index < -0.39 is 0 Å². The minimum absolute atomic E-state index is 0.0870. The van der Waals surface area contributed by atoms with Gasteiger partial charge in [-0.3, -0.25) is 14.2 Å². The van der Waals surface area contributed by atoms with E-state index in [4.69, 9.17) is 0 Å². The number of fused-ring (bicyclic) bond motifs is 1. The van der Waals surface area contributed by atoms with Crippen LogP contribution < -0.4 is 10.9 Å². The van der Waals surface area contributed by atoms with Crippen LogP contribution >= 0.6 is 11.3 Å². The van der Waals surface area contributed by atoms with Gasteiger partial charge in [-0.1, -0.05) is 54.1 Å². The molecule has 0 aliphatic heterocycles. The van der Waals surface area contributed by atoms with E-state index in [1.807, 2.05) is 74.7 Å². The molecule has 2 aromatic heterocycles. The lowest BCUT2D eigenvalue weighted by Crippen LogP contribution is -2.29. The highest BCUT2D eigenvalue weighted by Crippen LogP contribution is 2.30. The average molecular weight is 432 g/mol. The van der Waals surface area contributed by atoms with Gasteiger partial charge < -0.3 is 5.32 Å². The summed E-state index contributed by atoms with van der Waals surface area (Å²) in [7, 11) is 0. The van der Waals surface area contributed by atoms with E-state index in [2.05, 4.69) is 10.3 Å². The summed E-state index contributed by atoms with van der Waals surface area (Å²) in [6.45, 7) is 6.33. The van der Waals surface area contributed by atoms with Crippen LogP contribution in [0.1, 0.15) is 36.1 Å². The van der Waals surface area contributed by atoms with Crippen LogP contribution in [0.25, 0.3) is 21.3 Å². The highest BCUT2D eigenvalue weighted by Gasteiger charge is 2.15. The van der Waals surface area contributed by atoms with E-state index in [-0.39, 0.29) is 30.5 Å². The SMILES string of the molecule is Cc1ccc(-c2csc3ncn(CCC(=O)NC(C)c4ccccc4C)c(=O)c23)cc1. The third-order valence-corrected chi connectivity index (χ3v) is 6.42. The number of thiophene rings is 1. The molecule has 0 aliphatic rings. The van der Waals surface area contributed by atoms with E-state index in [0.717, 1.165) is 27.1 Å². The van der Waals surface area contributed by atoms with Crippen molar-refractivity contribution < 1.29 is 4.79 Å². The first-order valence-electron chi connectivity index (χ1n) is 10.3. The molecule has 1 amide bonds. The second kappa shape index (κ2) is 8.86. The normalized spacial score (nSPS) is 12.1. The zero-order chi connectivity index (χ0) is 22.0. The van der Waals surface area contributed by atoms with Crippen molar-refractivity contribution in [1.82, 2.24) is 14.9 Å². The monoisotopic (exact) mass is 431 g/mol. The summed E-state index contributed by atoms with van der Waals surface area (Å²) in [6, 6.07) is 16.0. The second-order valence-electron chi connectivity index (χ2n) is 7.83. The molecule has 0 spiro atoms. The van der Waals surface area contributed by atoms with Gasteiger partial charge in [0.25, 0.3) is 5.56 Å². The van der Waals surface area contributed by atoms with E-state index in [1.54, 1.807) is 0 Å². The summed E-state index contributed by atoms with van der Waals surface area (Å²) in [6.07, 6.45) is 1.76. The number of benzene rings is 2. The summed E-state index contributed by atoms with van der Waals surface area (Å²) in [4.78, 5) is 30.8. The highest BCUT2D eigenvalue weighted by atomic mass is 32.1. The van der Waals surface area contributed by atoms with Gasteiger partial charge in [-0.05, 0) is 37.5 Å². The van der Waals surface area contributed by atoms with Crippen molar-refractivity contribution in [3.8, 4) is 11.1 Å². The minimum atomic E-state index is -0.110. The largest absolute Gasteiger partial charge is 0.350 e. The molecule has 1 N–H and O–H groups in total. The molecular formula is C25H25N3O2S. The zero-order valence-corrected chi connectivity index (χ0v) is 18.7. The number of rotatable bonds is 6. The molecule has 1 atom stereocenters. The number of nitrogens with zero attached hydrogens (tertiary/aromatic N) is 2. The first-order valence-corrected chi connectivity index (χ1v) is 11.2. The standard InChI is InChI=1S/C25H25N3O2S/c1-16-8-10-19(11-9-16)21-14-31-24-23(21)25(30)28(15-26-24)13-12-22(29)27-18(3)20-7-5-4-6-17(20)2/h4-11,14-15,18H,12-13H2,1-3H3,(H,27,29). The number of carbonyl (C=O) groups excluding carboxylic acids is 1. The zero-order valence-electron chi connectivity index (χ0n) is 17.9. The Morgan fingerprint density at radius 3 is 2.61 bits per heavy atom. The average Bonchev–Trinajstić information content (AvgIpc) is 3.19. The van der Waals surface area contributed by atoms with Gasteiger partial charge >= 0.3 is 0 Å². The summed E-state index contributed by atoms with van der Waals surface area (Å²) < 4.78 is 1.53. The Morgan fingerprint density at radius 2 is 1.87 bits per heavy atom. The van der Waals surface area contributed by atoms with Gasteiger partial charge in [-0.2, -0.15) is 0 Å². The molecule has 5 nitrogen and oxygen atoms in total. The molecule has 1 unspecified atom stereocenters. The molecule has 0 radical (unpaired) electrons. The molecular weight excluding hydrogens is 406 g/mol. The van der Waals surface area contributed by atoms with Gasteiger partial charge in [0.05, 0.1) is 17.8 Å². The van der Waals surface area contributed by atoms with Gasteiger partial charge in [0.1, 0.15) is 4.83 Å². The van der Waals surface area contributed by atoms with Crippen molar-refractivity contribution in [2.24, 2.45) is 0 Å². The Hall–Kier alpha value is -3.25. The van der Waals surface area contributed by atoms with Gasteiger partial charge in [0.15, 0.2) is 0 Å². The van der Waals surface area contributed by atoms with Crippen LogP contribution in [0.15, 0.2) is 65.0 Å². The fourth-order valence-electron chi connectivity index (χ4n) is 3.76. The van der Waals surface area contributed by atoms with E-state index in [0.29, 0.717) is 5.39 Å². The molecule has 0 fully saturated rings. The van der Waals surface area contributed by atoms with Crippen molar-refractivity contribution in [2.75, 3.05) is 0 Å². The summed E-state index contributed by atoms with van der Waals surface area (Å²) in [5.41, 5.74) is 5.19. The Labute approximate surface area is 185 Å². The Morgan fingerprint density at radius 1 is 1.13 bits per heavy atom. The molecule has 0 saturated carbocycles. The van der Waals surface area contributed by atoms with Crippen LogP contribution in [-0.2, 0) is 11.3 Å². The third-order valence-electron chi connectivity index (χ3n) is 5.54. The van der Waals surface area contributed by atoms with Crippen LogP contribution in [-0.4, -0.2) is 15.5 Å². The molecule has 158 valence electrons. The van der Waals surface area contributed by atoms with Crippen LogP contribution in [0.4, 0.5) is 0 Å². The second-order valence-corrected chi connectivity index (χ2v) is 8.69. The fourth-order valence-corrected chi connectivity index (χ4v) is 4.66. The maximum absolute atomic E-state index is 13.1. The van der Waals surface area contributed by atoms with Crippen molar-refractivity contribution >= 4 is 27.5 Å². The topological polar surface area (TPSA) is 64.0 Å². The summed E-state index contributed by atoms with van der Waals surface area (Å²) in [5, 5.41) is 5.62. The molecule has 2 heterocycles. The van der Waals surface area contributed by atoms with Crippen molar-refractivity contribution in [2.45, 2.75) is 39.8 Å². The van der Waals surface area contributed by atoms with Gasteiger partial charge in [0, 0.05) is 23.9 Å². The number of aromatic nitrogens is 2. The summed E-state index contributed by atoms with van der Waals surface area (Å²) in [5.74, 6) is -0.0909. The molecule has 0 bridgehead atoms. The molecule has 31 heavy (non-hydrogen) atoms. The predicted octanol–water partition coefficient (Wildman–Crippen LogP) is 5.01. The molecule has 0 saturated heterocycles. The van der Waals surface area contributed by atoms with Gasteiger partial charge in [-0.25, -0.2) is 4.98 Å². The quantitative estimate of drug-likeness (QED) is 0.467. The lowest BCUT2D eigenvalue weighted by molar-refractivity contribution is -0.121. The first kappa shape index (κ1) is 21.0. The third kappa shape index (κ3) is 4.44. The number of hydrogen-bond acceptors (Lipinski definition) is 4. The molecule has 4 rings (SSSR count). The molecule has 0 aliphatic carbocycles. The summed E-state index contributed by atoms with van der Waals surface area (Å²) >= 11 is 1.46. The molecule has 4 aromatic rings.